The van der Waals surface area contributed by atoms with Crippen LogP contribution in [-0.4, -0.2) is 66.0 Å². The van der Waals surface area contributed by atoms with Gasteiger partial charge in [0.05, 0.1) is 5.56 Å². The lowest BCUT2D eigenvalue weighted by molar-refractivity contribution is -0.138. The number of piperazine rings is 1. The van der Waals surface area contributed by atoms with E-state index in [1.54, 1.807) is 19.2 Å². The summed E-state index contributed by atoms with van der Waals surface area (Å²) >= 11 is 0. The molecular weight excluding hydrogens is 497 g/mol. The second kappa shape index (κ2) is 10.4. The topological polar surface area (TPSA) is 89.5 Å². The van der Waals surface area contributed by atoms with Crippen molar-refractivity contribution in [2.75, 3.05) is 55.4 Å². The van der Waals surface area contributed by atoms with Gasteiger partial charge in [0.25, 0.3) is 5.91 Å². The molecule has 1 aromatic heterocycles. The smallest absolute Gasteiger partial charge is 0.357 e. The molecule has 3 heterocycles. The summed E-state index contributed by atoms with van der Waals surface area (Å²) in [5.74, 6) is 1.23. The van der Waals surface area contributed by atoms with Gasteiger partial charge in [0.1, 0.15) is 0 Å². The summed E-state index contributed by atoms with van der Waals surface area (Å²) in [6, 6.07) is 10.6. The highest BCUT2D eigenvalue weighted by Crippen LogP contribution is 2.32. The number of hydrogen-bond donors (Lipinski definition) is 2. The largest absolute Gasteiger partial charge is 0.416 e. The molecule has 1 fully saturated rings. The highest BCUT2D eigenvalue weighted by Gasteiger charge is 2.33. The lowest BCUT2D eigenvalue weighted by atomic mass is 10.1. The summed E-state index contributed by atoms with van der Waals surface area (Å²) in [6.45, 7) is 4.37. The number of alkyl halides is 3. The minimum Gasteiger partial charge on any atom is -0.357 e. The molecule has 2 aliphatic rings. The van der Waals surface area contributed by atoms with E-state index in [9.17, 15) is 18.0 Å². The number of fused-ring (bicyclic) bond motifs is 1. The molecule has 0 bridgehead atoms. The monoisotopic (exact) mass is 526 g/mol. The number of aromatic nitrogens is 3. The molecule has 0 radical (unpaired) electrons. The van der Waals surface area contributed by atoms with Gasteiger partial charge >= 0.3 is 6.18 Å². The SMILES string of the molecule is CNc1nc(N2CCN(C)CC2)nc(N2Cc3ccc(C(=O)NCc4ccccc4C(F)(F)F)cc3C2)n1. The van der Waals surface area contributed by atoms with Gasteiger partial charge in [0.15, 0.2) is 0 Å². The van der Waals surface area contributed by atoms with Crippen molar-refractivity contribution >= 4 is 23.8 Å². The number of hydrogen-bond acceptors (Lipinski definition) is 8. The van der Waals surface area contributed by atoms with Crippen LogP contribution in [0.3, 0.4) is 0 Å². The molecule has 2 N–H and O–H groups in total. The third-order valence-electron chi connectivity index (χ3n) is 6.86. The summed E-state index contributed by atoms with van der Waals surface area (Å²) < 4.78 is 39.8. The summed E-state index contributed by atoms with van der Waals surface area (Å²) in [5.41, 5.74) is 1.64. The van der Waals surface area contributed by atoms with Crippen molar-refractivity contribution in [1.29, 1.82) is 0 Å². The van der Waals surface area contributed by atoms with Crippen LogP contribution in [0.15, 0.2) is 42.5 Å². The first-order valence-corrected chi connectivity index (χ1v) is 12.4. The molecule has 0 saturated carbocycles. The predicted octanol–water partition coefficient (Wildman–Crippen LogP) is 3.13. The van der Waals surface area contributed by atoms with E-state index in [2.05, 4.69) is 37.4 Å². The van der Waals surface area contributed by atoms with Crippen LogP contribution < -0.4 is 20.4 Å². The molecule has 2 aliphatic heterocycles. The van der Waals surface area contributed by atoms with Gasteiger partial charge in [-0.15, -0.1) is 0 Å². The number of benzene rings is 2. The Balaban J connectivity index is 1.29. The first kappa shape index (κ1) is 25.7. The highest BCUT2D eigenvalue weighted by molar-refractivity contribution is 5.94. The van der Waals surface area contributed by atoms with Crippen molar-refractivity contribution in [1.82, 2.24) is 25.2 Å². The van der Waals surface area contributed by atoms with Gasteiger partial charge in [0, 0.05) is 58.4 Å². The number of halogens is 3. The van der Waals surface area contributed by atoms with Gasteiger partial charge < -0.3 is 25.3 Å². The number of nitrogens with one attached hydrogen (secondary N) is 2. The minimum atomic E-state index is -4.48. The van der Waals surface area contributed by atoms with Crippen LogP contribution in [0.25, 0.3) is 0 Å². The van der Waals surface area contributed by atoms with E-state index in [4.69, 9.17) is 4.98 Å². The van der Waals surface area contributed by atoms with Crippen molar-refractivity contribution in [3.63, 3.8) is 0 Å². The maximum absolute atomic E-state index is 13.3. The maximum atomic E-state index is 13.3. The molecule has 5 rings (SSSR count). The lowest BCUT2D eigenvalue weighted by Gasteiger charge is -2.32. The predicted molar refractivity (Wildman–Crippen MR) is 138 cm³/mol. The Kier molecular flexibility index (Phi) is 7.06. The van der Waals surface area contributed by atoms with Crippen LogP contribution in [-0.2, 0) is 25.8 Å². The molecule has 2 aromatic carbocycles. The molecule has 3 aromatic rings. The number of carbonyl (C=O) groups is 1. The fourth-order valence-corrected chi connectivity index (χ4v) is 4.66. The van der Waals surface area contributed by atoms with Gasteiger partial charge in [-0.25, -0.2) is 0 Å². The van der Waals surface area contributed by atoms with Gasteiger partial charge in [0.2, 0.25) is 17.8 Å². The Hall–Kier alpha value is -3.93. The van der Waals surface area contributed by atoms with E-state index in [0.29, 0.717) is 36.5 Å². The molecule has 0 unspecified atom stereocenters. The second-order valence-electron chi connectivity index (χ2n) is 9.48. The Bertz CT molecular complexity index is 1320. The van der Waals surface area contributed by atoms with E-state index in [-0.39, 0.29) is 12.1 Å². The van der Waals surface area contributed by atoms with Crippen molar-refractivity contribution in [3.8, 4) is 0 Å². The molecule has 200 valence electrons. The van der Waals surface area contributed by atoms with Crippen molar-refractivity contribution < 1.29 is 18.0 Å². The van der Waals surface area contributed by atoms with Crippen LogP contribution in [0.4, 0.5) is 31.0 Å². The molecule has 12 heteroatoms. The first-order valence-electron chi connectivity index (χ1n) is 12.4. The zero-order valence-electron chi connectivity index (χ0n) is 21.2. The van der Waals surface area contributed by atoms with Crippen molar-refractivity contribution in [3.05, 3.63) is 70.3 Å². The normalized spacial score (nSPS) is 15.9. The average molecular weight is 527 g/mol. The molecule has 1 amide bonds. The Labute approximate surface area is 218 Å². The van der Waals surface area contributed by atoms with Gasteiger partial charge in [-0.05, 0) is 41.9 Å². The zero-order chi connectivity index (χ0) is 26.9. The van der Waals surface area contributed by atoms with Crippen LogP contribution in [0.5, 0.6) is 0 Å². The Morgan fingerprint density at radius 3 is 2.32 bits per heavy atom. The van der Waals surface area contributed by atoms with Crippen LogP contribution in [0.1, 0.15) is 32.6 Å². The lowest BCUT2D eigenvalue weighted by Crippen LogP contribution is -2.45. The van der Waals surface area contributed by atoms with Crippen LogP contribution in [0.2, 0.25) is 0 Å². The van der Waals surface area contributed by atoms with Crippen molar-refractivity contribution in [2.24, 2.45) is 0 Å². The third-order valence-corrected chi connectivity index (χ3v) is 6.86. The minimum absolute atomic E-state index is 0.0204. The van der Waals surface area contributed by atoms with E-state index in [0.717, 1.165) is 43.4 Å². The van der Waals surface area contributed by atoms with Crippen molar-refractivity contribution in [2.45, 2.75) is 25.8 Å². The molecule has 1 saturated heterocycles. The molecule has 0 aliphatic carbocycles. The number of rotatable bonds is 6. The Morgan fingerprint density at radius 1 is 0.921 bits per heavy atom. The fraction of sp³-hybridized carbons (Fsp3) is 0.385. The number of carbonyl (C=O) groups excluding carboxylic acids is 1. The van der Waals surface area contributed by atoms with Gasteiger partial charge in [-0.2, -0.15) is 28.1 Å². The average Bonchev–Trinajstić information content (AvgIpc) is 3.35. The second-order valence-corrected chi connectivity index (χ2v) is 9.48. The van der Waals surface area contributed by atoms with Gasteiger partial charge in [-0.3, -0.25) is 4.79 Å². The third kappa shape index (κ3) is 5.49. The quantitative estimate of drug-likeness (QED) is 0.507. The summed E-state index contributed by atoms with van der Waals surface area (Å²) in [5, 5.41) is 5.64. The maximum Gasteiger partial charge on any atom is 0.416 e. The molecule has 9 nitrogen and oxygen atoms in total. The van der Waals surface area contributed by atoms with Gasteiger partial charge in [-0.1, -0.05) is 24.3 Å². The molecule has 38 heavy (non-hydrogen) atoms. The fourth-order valence-electron chi connectivity index (χ4n) is 4.66. The molecule has 0 atom stereocenters. The van der Waals surface area contributed by atoms with Crippen LogP contribution >= 0.6 is 0 Å². The number of likely N-dealkylation sites (N-methyl/N-ethyl adjacent to an activating group) is 1. The first-order chi connectivity index (χ1) is 18.2. The summed E-state index contributed by atoms with van der Waals surface area (Å²) in [4.78, 5) is 33.1. The Morgan fingerprint density at radius 2 is 1.61 bits per heavy atom. The summed E-state index contributed by atoms with van der Waals surface area (Å²) in [7, 11) is 3.86. The number of amides is 1. The number of nitrogens with zero attached hydrogens (tertiary/aromatic N) is 6. The standard InChI is InChI=1S/C26H29F3N8O/c1-30-23-32-24(36-11-9-35(2)10-12-36)34-25(33-23)37-15-19-8-7-17(13-20(19)16-37)22(38)31-14-18-5-3-4-6-21(18)26(27,28)29/h3-8,13H,9-12,14-16H2,1-2H3,(H,31,38)(H,30,32,33,34). The number of anilines is 3. The summed E-state index contributed by atoms with van der Waals surface area (Å²) in [6.07, 6.45) is -4.48. The van der Waals surface area contributed by atoms with E-state index in [1.165, 1.54) is 18.2 Å². The van der Waals surface area contributed by atoms with E-state index in [1.807, 2.05) is 11.0 Å². The van der Waals surface area contributed by atoms with E-state index < -0.39 is 17.6 Å². The highest BCUT2D eigenvalue weighted by atomic mass is 19.4. The van der Waals surface area contributed by atoms with E-state index >= 15 is 0 Å². The van der Waals surface area contributed by atoms with Crippen LogP contribution in [0, 0.1) is 0 Å². The molecular formula is C26H29F3N8O. The zero-order valence-corrected chi connectivity index (χ0v) is 21.2. The molecule has 0 spiro atoms.